The molecule has 0 heterocycles. The van der Waals surface area contributed by atoms with Crippen molar-refractivity contribution in [1.29, 1.82) is 0 Å². The summed E-state index contributed by atoms with van der Waals surface area (Å²) in [6.07, 6.45) is 10.2. The first kappa shape index (κ1) is 27.9. The fraction of sp³-hybridized carbons (Fsp3) is 0.848. The molecule has 5 aliphatic carbocycles. The monoisotopic (exact) mass is 525 g/mol. The van der Waals surface area contributed by atoms with E-state index in [0.717, 1.165) is 44.9 Å². The Hall–Kier alpha value is -1.65. The molecule has 2 N–H and O–H groups in total. The molecule has 5 rings (SSSR count). The molecular formula is C33H51NO4. The molecule has 5 heteroatoms. The minimum Gasteiger partial charge on any atom is -0.481 e. The van der Waals surface area contributed by atoms with Gasteiger partial charge >= 0.3 is 5.97 Å². The van der Waals surface area contributed by atoms with Gasteiger partial charge in [-0.3, -0.25) is 14.4 Å². The van der Waals surface area contributed by atoms with Crippen LogP contribution in [0.5, 0.6) is 0 Å². The molecule has 38 heavy (non-hydrogen) atoms. The van der Waals surface area contributed by atoms with Crippen molar-refractivity contribution in [2.24, 2.45) is 56.7 Å². The lowest BCUT2D eigenvalue weighted by Crippen LogP contribution is -2.67. The van der Waals surface area contributed by atoms with Crippen molar-refractivity contribution in [2.75, 3.05) is 6.54 Å². The second-order valence-electron chi connectivity index (χ2n) is 15.4. The van der Waals surface area contributed by atoms with Gasteiger partial charge in [-0.05, 0) is 111 Å². The van der Waals surface area contributed by atoms with Crippen LogP contribution >= 0.6 is 0 Å². The maximum atomic E-state index is 13.9. The lowest BCUT2D eigenvalue weighted by Gasteiger charge is -2.72. The van der Waals surface area contributed by atoms with Crippen LogP contribution in [0.2, 0.25) is 0 Å². The van der Waals surface area contributed by atoms with Gasteiger partial charge in [0.05, 0.1) is 11.8 Å². The Morgan fingerprint density at radius 1 is 0.921 bits per heavy atom. The van der Waals surface area contributed by atoms with Crippen LogP contribution in [0.3, 0.4) is 0 Å². The number of allylic oxidation sites excluding steroid dienone is 1. The van der Waals surface area contributed by atoms with Crippen molar-refractivity contribution in [3.63, 3.8) is 0 Å². The molecule has 0 aromatic carbocycles. The van der Waals surface area contributed by atoms with Gasteiger partial charge in [0.25, 0.3) is 0 Å². The summed E-state index contributed by atoms with van der Waals surface area (Å²) < 4.78 is 0. The number of rotatable bonds is 5. The number of carboxylic acid groups (broad SMARTS) is 1. The Bertz CT molecular complexity index is 1050. The molecule has 5 aliphatic rings. The maximum Gasteiger partial charge on any atom is 0.305 e. The molecule has 5 fully saturated rings. The van der Waals surface area contributed by atoms with Crippen LogP contribution in [0.4, 0.5) is 0 Å². The molecule has 0 bridgehead atoms. The number of fused-ring (bicyclic) bond motifs is 7. The van der Waals surface area contributed by atoms with E-state index < -0.39 is 11.4 Å². The van der Waals surface area contributed by atoms with E-state index in [-0.39, 0.29) is 46.5 Å². The van der Waals surface area contributed by atoms with Gasteiger partial charge in [0.15, 0.2) is 0 Å². The molecular weight excluding hydrogens is 474 g/mol. The van der Waals surface area contributed by atoms with E-state index in [0.29, 0.717) is 35.9 Å². The third-order valence-corrected chi connectivity index (χ3v) is 13.9. The third-order valence-electron chi connectivity index (χ3n) is 13.9. The minimum absolute atomic E-state index is 0.0318. The van der Waals surface area contributed by atoms with Crippen LogP contribution in [0.25, 0.3) is 0 Å². The minimum atomic E-state index is -0.871. The molecule has 0 spiro atoms. The lowest BCUT2D eigenvalue weighted by atomic mass is 9.32. The summed E-state index contributed by atoms with van der Waals surface area (Å²) in [6.45, 7) is 18.8. The average Bonchev–Trinajstić information content (AvgIpc) is 3.23. The highest BCUT2D eigenvalue weighted by Gasteiger charge is 2.71. The van der Waals surface area contributed by atoms with Crippen LogP contribution < -0.4 is 5.32 Å². The molecule has 0 aromatic heterocycles. The summed E-state index contributed by atoms with van der Waals surface area (Å²) in [4.78, 5) is 38.0. The largest absolute Gasteiger partial charge is 0.481 e. The zero-order valence-electron chi connectivity index (χ0n) is 24.8. The first-order valence-corrected chi connectivity index (χ1v) is 15.3. The molecule has 5 saturated carbocycles. The van der Waals surface area contributed by atoms with Crippen LogP contribution in [0.1, 0.15) is 112 Å². The summed E-state index contributed by atoms with van der Waals surface area (Å²) in [5, 5.41) is 12.2. The van der Waals surface area contributed by atoms with Crippen molar-refractivity contribution >= 4 is 17.7 Å². The maximum absolute atomic E-state index is 13.9. The van der Waals surface area contributed by atoms with Gasteiger partial charge in [-0.1, -0.05) is 46.8 Å². The zero-order chi connectivity index (χ0) is 27.9. The van der Waals surface area contributed by atoms with E-state index in [1.807, 2.05) is 0 Å². The molecule has 5 nitrogen and oxygen atoms in total. The number of Topliss-reactive ketones (excluding diaryl/α,β-unsaturated/α-hetero) is 1. The number of carbonyl (C=O) groups excluding carboxylic acids is 2. The third kappa shape index (κ3) is 3.58. The normalized spacial score (nSPS) is 47.2. The number of carbonyl (C=O) groups is 3. The van der Waals surface area contributed by atoms with Crippen molar-refractivity contribution in [1.82, 2.24) is 5.32 Å². The first-order chi connectivity index (χ1) is 17.6. The summed E-state index contributed by atoms with van der Waals surface area (Å²) in [7, 11) is 0. The smallest absolute Gasteiger partial charge is 0.305 e. The molecule has 0 radical (unpaired) electrons. The van der Waals surface area contributed by atoms with Crippen LogP contribution in [0, 0.1) is 56.7 Å². The first-order valence-electron chi connectivity index (χ1n) is 15.3. The summed E-state index contributed by atoms with van der Waals surface area (Å²) in [6, 6.07) is 0. The fourth-order valence-corrected chi connectivity index (χ4v) is 11.8. The van der Waals surface area contributed by atoms with E-state index in [2.05, 4.69) is 53.4 Å². The molecule has 9 atom stereocenters. The Kier molecular flexibility index (Phi) is 6.56. The highest BCUT2D eigenvalue weighted by Crippen LogP contribution is 2.77. The fourth-order valence-electron chi connectivity index (χ4n) is 11.8. The van der Waals surface area contributed by atoms with Gasteiger partial charge in [0.2, 0.25) is 5.91 Å². The van der Waals surface area contributed by atoms with Gasteiger partial charge in [-0.2, -0.15) is 0 Å². The average molecular weight is 526 g/mol. The molecule has 1 amide bonds. The number of amides is 1. The number of aliphatic carboxylic acids is 1. The molecule has 0 aliphatic heterocycles. The SMILES string of the molecule is C=C(C)[C@@H]1CC[C@]2(C(=O)NCCC(=O)O)CC[C@]3(C)[C@H](CC[C@@H]4[C@@]5(C)CCC(=O)C(C)(C)[C@@H]5CC[C@]43C)[C@@H]12. The van der Waals surface area contributed by atoms with Gasteiger partial charge in [0.1, 0.15) is 5.78 Å². The van der Waals surface area contributed by atoms with E-state index in [9.17, 15) is 14.4 Å². The van der Waals surface area contributed by atoms with Crippen LogP contribution in [-0.2, 0) is 14.4 Å². The number of carboxylic acids is 1. The number of hydrogen-bond acceptors (Lipinski definition) is 3. The Balaban J connectivity index is 1.50. The van der Waals surface area contributed by atoms with E-state index in [1.165, 1.54) is 18.4 Å². The van der Waals surface area contributed by atoms with Gasteiger partial charge in [-0.25, -0.2) is 0 Å². The van der Waals surface area contributed by atoms with Crippen LogP contribution in [-0.4, -0.2) is 29.3 Å². The number of nitrogens with one attached hydrogen (secondary N) is 1. The highest BCUT2D eigenvalue weighted by molar-refractivity contribution is 5.85. The number of hydrogen-bond donors (Lipinski definition) is 2. The molecule has 0 aromatic rings. The highest BCUT2D eigenvalue weighted by atomic mass is 16.4. The quantitative estimate of drug-likeness (QED) is 0.387. The van der Waals surface area contributed by atoms with E-state index in [4.69, 9.17) is 5.11 Å². The van der Waals surface area contributed by atoms with Gasteiger partial charge in [-0.15, -0.1) is 0 Å². The molecule has 212 valence electrons. The van der Waals surface area contributed by atoms with E-state index in [1.54, 1.807) is 0 Å². The Labute approximate surface area is 230 Å². The molecule has 0 saturated heterocycles. The number of ketones is 1. The second kappa shape index (κ2) is 8.93. The lowest BCUT2D eigenvalue weighted by molar-refractivity contribution is -0.233. The van der Waals surface area contributed by atoms with Crippen molar-refractivity contribution in [2.45, 2.75) is 112 Å². The van der Waals surface area contributed by atoms with Crippen molar-refractivity contribution in [3.8, 4) is 0 Å². The zero-order valence-corrected chi connectivity index (χ0v) is 24.8. The van der Waals surface area contributed by atoms with Gasteiger partial charge < -0.3 is 10.4 Å². The summed E-state index contributed by atoms with van der Waals surface area (Å²) in [5.74, 6) is 1.81. The van der Waals surface area contributed by atoms with Crippen molar-refractivity contribution in [3.05, 3.63) is 12.2 Å². The van der Waals surface area contributed by atoms with Gasteiger partial charge in [0, 0.05) is 18.4 Å². The predicted molar refractivity (Wildman–Crippen MR) is 149 cm³/mol. The predicted octanol–water partition coefficient (Wildman–Crippen LogP) is 6.80. The molecule has 0 unspecified atom stereocenters. The topological polar surface area (TPSA) is 83.5 Å². The summed E-state index contributed by atoms with van der Waals surface area (Å²) in [5.41, 5.74) is 1.07. The Morgan fingerprint density at radius 3 is 2.29 bits per heavy atom. The van der Waals surface area contributed by atoms with Crippen molar-refractivity contribution < 1.29 is 19.5 Å². The standard InChI is InChI=1S/C33H51NO4/c1-20(2)21-10-16-33(28(38)34-19-13-26(36)37)18-17-31(6)22(27(21)33)8-9-24-30(5)14-12-25(35)29(3,4)23(30)11-15-32(24,31)7/h21-24,27H,1,8-19H2,2-7H3,(H,34,38)(H,36,37)/t21-,22+,23-,24+,27+,30-,31+,32+,33-/m0/s1. The Morgan fingerprint density at radius 2 is 1.63 bits per heavy atom. The van der Waals surface area contributed by atoms with Crippen LogP contribution in [0.15, 0.2) is 12.2 Å². The summed E-state index contributed by atoms with van der Waals surface area (Å²) >= 11 is 0. The second-order valence-corrected chi connectivity index (χ2v) is 15.4. The van der Waals surface area contributed by atoms with E-state index >= 15 is 0 Å².